The van der Waals surface area contributed by atoms with Gasteiger partial charge in [-0.25, -0.2) is 4.98 Å². The summed E-state index contributed by atoms with van der Waals surface area (Å²) >= 11 is 0. The third kappa shape index (κ3) is 2.83. The van der Waals surface area contributed by atoms with Gasteiger partial charge >= 0.3 is 0 Å². The first-order valence-corrected chi connectivity index (χ1v) is 7.58. The summed E-state index contributed by atoms with van der Waals surface area (Å²) in [5.41, 5.74) is 10.4. The number of aryl methyl sites for hydroxylation is 2. The van der Waals surface area contributed by atoms with Crippen LogP contribution in [0, 0.1) is 6.92 Å². The van der Waals surface area contributed by atoms with Crippen molar-refractivity contribution in [2.24, 2.45) is 0 Å². The van der Waals surface area contributed by atoms with Crippen LogP contribution in [-0.2, 0) is 6.42 Å². The molecule has 0 spiro atoms. The third-order valence-electron chi connectivity index (χ3n) is 4.09. The van der Waals surface area contributed by atoms with E-state index in [0.29, 0.717) is 5.95 Å². The number of hydrogen-bond acceptors (Lipinski definition) is 3. The Kier molecular flexibility index (Phi) is 4.11. The lowest BCUT2D eigenvalue weighted by atomic mass is 10.0. The van der Waals surface area contributed by atoms with Crippen molar-refractivity contribution in [2.45, 2.75) is 25.8 Å². The summed E-state index contributed by atoms with van der Waals surface area (Å²) in [6.45, 7) is 2.13. The zero-order valence-electron chi connectivity index (χ0n) is 12.7. The molecular formula is C18H21N3O. The first kappa shape index (κ1) is 14.6. The normalized spacial score (nSPS) is 12.6. The molecule has 3 N–H and O–H groups in total. The number of nitrogens with zero attached hydrogens (tertiary/aromatic N) is 2. The molecule has 1 atom stereocenters. The van der Waals surface area contributed by atoms with E-state index in [2.05, 4.69) is 36.2 Å². The first-order valence-electron chi connectivity index (χ1n) is 7.58. The number of para-hydroxylation sites is 2. The first-order chi connectivity index (χ1) is 10.7. The van der Waals surface area contributed by atoms with E-state index >= 15 is 0 Å². The van der Waals surface area contributed by atoms with Crippen molar-refractivity contribution in [3.05, 3.63) is 59.7 Å². The average Bonchev–Trinajstić information content (AvgIpc) is 2.86. The van der Waals surface area contributed by atoms with E-state index in [1.165, 1.54) is 11.1 Å². The van der Waals surface area contributed by atoms with Gasteiger partial charge < -0.3 is 15.4 Å². The van der Waals surface area contributed by atoms with Crippen LogP contribution < -0.4 is 5.73 Å². The molecule has 3 aromatic rings. The predicted octanol–water partition coefficient (Wildman–Crippen LogP) is 3.09. The number of imidazole rings is 1. The summed E-state index contributed by atoms with van der Waals surface area (Å²) in [4.78, 5) is 4.38. The number of aliphatic hydroxyl groups is 1. The topological polar surface area (TPSA) is 64.1 Å². The standard InChI is InChI=1S/C18H21N3O/c1-13-6-8-14(9-7-13)10-11-15(12-22)21-17-5-3-2-4-16(17)20-18(21)19/h2-9,15,22H,10-12H2,1H3,(H2,19,20). The Labute approximate surface area is 130 Å². The molecule has 2 aromatic carbocycles. The van der Waals surface area contributed by atoms with Crippen LogP contribution in [0.15, 0.2) is 48.5 Å². The number of rotatable bonds is 5. The van der Waals surface area contributed by atoms with Gasteiger partial charge in [0.25, 0.3) is 0 Å². The van der Waals surface area contributed by atoms with Gasteiger partial charge in [-0.2, -0.15) is 0 Å². The highest BCUT2D eigenvalue weighted by atomic mass is 16.3. The third-order valence-corrected chi connectivity index (χ3v) is 4.09. The fourth-order valence-corrected chi connectivity index (χ4v) is 2.84. The molecule has 4 heteroatoms. The number of fused-ring (bicyclic) bond motifs is 1. The Morgan fingerprint density at radius 1 is 1.14 bits per heavy atom. The zero-order chi connectivity index (χ0) is 15.5. The number of anilines is 1. The summed E-state index contributed by atoms with van der Waals surface area (Å²) < 4.78 is 1.95. The number of nitrogen functional groups attached to an aromatic ring is 1. The van der Waals surface area contributed by atoms with Gasteiger partial charge in [0, 0.05) is 0 Å². The second kappa shape index (κ2) is 6.20. The minimum absolute atomic E-state index is 0.0520. The highest BCUT2D eigenvalue weighted by Crippen LogP contribution is 2.25. The van der Waals surface area contributed by atoms with Crippen LogP contribution in [-0.4, -0.2) is 21.3 Å². The SMILES string of the molecule is Cc1ccc(CCC(CO)n2c(N)nc3ccccc32)cc1. The molecule has 1 aromatic heterocycles. The molecule has 0 aliphatic carbocycles. The van der Waals surface area contributed by atoms with Gasteiger partial charge in [0.2, 0.25) is 5.95 Å². The Morgan fingerprint density at radius 3 is 2.59 bits per heavy atom. The maximum Gasteiger partial charge on any atom is 0.201 e. The second-order valence-electron chi connectivity index (χ2n) is 5.69. The Balaban J connectivity index is 1.83. The smallest absolute Gasteiger partial charge is 0.201 e. The fourth-order valence-electron chi connectivity index (χ4n) is 2.84. The molecule has 1 unspecified atom stereocenters. The average molecular weight is 295 g/mol. The van der Waals surface area contributed by atoms with Gasteiger partial charge in [-0.15, -0.1) is 0 Å². The summed E-state index contributed by atoms with van der Waals surface area (Å²) in [6, 6.07) is 16.3. The molecule has 0 saturated carbocycles. The summed E-state index contributed by atoms with van der Waals surface area (Å²) in [5, 5.41) is 9.80. The maximum absolute atomic E-state index is 9.80. The van der Waals surface area contributed by atoms with Crippen LogP contribution in [0.3, 0.4) is 0 Å². The van der Waals surface area contributed by atoms with E-state index in [-0.39, 0.29) is 12.6 Å². The quantitative estimate of drug-likeness (QED) is 0.760. The van der Waals surface area contributed by atoms with Gasteiger partial charge in [-0.3, -0.25) is 0 Å². The van der Waals surface area contributed by atoms with Crippen molar-refractivity contribution >= 4 is 17.0 Å². The van der Waals surface area contributed by atoms with Gasteiger partial charge in [-0.1, -0.05) is 42.0 Å². The summed E-state index contributed by atoms with van der Waals surface area (Å²) in [5.74, 6) is 0.462. The number of aromatic nitrogens is 2. The van der Waals surface area contributed by atoms with Gasteiger partial charge in [-0.05, 0) is 37.5 Å². The Morgan fingerprint density at radius 2 is 1.86 bits per heavy atom. The van der Waals surface area contributed by atoms with Gasteiger partial charge in [0.05, 0.1) is 23.7 Å². The monoisotopic (exact) mass is 295 g/mol. The van der Waals surface area contributed by atoms with E-state index in [9.17, 15) is 5.11 Å². The lowest BCUT2D eigenvalue weighted by Crippen LogP contribution is -2.16. The predicted molar refractivity (Wildman–Crippen MR) is 89.8 cm³/mol. The van der Waals surface area contributed by atoms with E-state index in [0.717, 1.165) is 23.9 Å². The Hall–Kier alpha value is -2.33. The lowest BCUT2D eigenvalue weighted by molar-refractivity contribution is 0.224. The van der Waals surface area contributed by atoms with Crippen molar-refractivity contribution in [1.82, 2.24) is 9.55 Å². The minimum atomic E-state index is -0.0614. The van der Waals surface area contributed by atoms with Crippen molar-refractivity contribution in [2.75, 3.05) is 12.3 Å². The fraction of sp³-hybridized carbons (Fsp3) is 0.278. The molecule has 0 bridgehead atoms. The van der Waals surface area contributed by atoms with Crippen molar-refractivity contribution in [3.8, 4) is 0 Å². The van der Waals surface area contributed by atoms with Crippen molar-refractivity contribution in [3.63, 3.8) is 0 Å². The number of hydrogen-bond donors (Lipinski definition) is 2. The zero-order valence-corrected chi connectivity index (χ0v) is 12.7. The van der Waals surface area contributed by atoms with E-state index in [1.54, 1.807) is 0 Å². The molecular weight excluding hydrogens is 274 g/mol. The number of aliphatic hydroxyl groups excluding tert-OH is 1. The van der Waals surface area contributed by atoms with Crippen LogP contribution in [0.4, 0.5) is 5.95 Å². The molecule has 114 valence electrons. The molecule has 1 heterocycles. The van der Waals surface area contributed by atoms with Crippen LogP contribution in [0.1, 0.15) is 23.6 Å². The second-order valence-corrected chi connectivity index (χ2v) is 5.69. The highest BCUT2D eigenvalue weighted by Gasteiger charge is 2.16. The van der Waals surface area contributed by atoms with Crippen LogP contribution in [0.2, 0.25) is 0 Å². The van der Waals surface area contributed by atoms with Gasteiger partial charge in [0.15, 0.2) is 0 Å². The molecule has 0 fully saturated rings. The van der Waals surface area contributed by atoms with Crippen LogP contribution in [0.5, 0.6) is 0 Å². The highest BCUT2D eigenvalue weighted by molar-refractivity contribution is 5.78. The molecule has 0 saturated heterocycles. The van der Waals surface area contributed by atoms with E-state index in [1.807, 2.05) is 28.8 Å². The number of nitrogens with two attached hydrogens (primary N) is 1. The van der Waals surface area contributed by atoms with Gasteiger partial charge in [0.1, 0.15) is 0 Å². The van der Waals surface area contributed by atoms with Crippen molar-refractivity contribution < 1.29 is 5.11 Å². The van der Waals surface area contributed by atoms with Crippen molar-refractivity contribution in [1.29, 1.82) is 0 Å². The minimum Gasteiger partial charge on any atom is -0.394 e. The molecule has 0 aliphatic rings. The Bertz CT molecular complexity index is 762. The summed E-state index contributed by atoms with van der Waals surface area (Å²) in [7, 11) is 0. The lowest BCUT2D eigenvalue weighted by Gasteiger charge is -2.18. The molecule has 4 nitrogen and oxygen atoms in total. The number of benzene rings is 2. The molecule has 0 amide bonds. The molecule has 0 radical (unpaired) electrons. The molecule has 0 aliphatic heterocycles. The molecule has 3 rings (SSSR count). The summed E-state index contributed by atoms with van der Waals surface area (Å²) in [6.07, 6.45) is 1.72. The maximum atomic E-state index is 9.80. The largest absolute Gasteiger partial charge is 0.394 e. The van der Waals surface area contributed by atoms with Crippen LogP contribution in [0.25, 0.3) is 11.0 Å². The molecule has 22 heavy (non-hydrogen) atoms. The van der Waals surface area contributed by atoms with E-state index in [4.69, 9.17) is 5.73 Å². The van der Waals surface area contributed by atoms with E-state index < -0.39 is 0 Å². The van der Waals surface area contributed by atoms with Crippen LogP contribution >= 0.6 is 0 Å².